The van der Waals surface area contributed by atoms with E-state index in [0.29, 0.717) is 6.54 Å². The van der Waals surface area contributed by atoms with Crippen molar-refractivity contribution in [3.8, 4) is 0 Å². The smallest absolute Gasteiger partial charge is 0.242 e. The van der Waals surface area contributed by atoms with Crippen molar-refractivity contribution in [1.82, 2.24) is 5.32 Å². The lowest BCUT2D eigenvalue weighted by atomic mass is 9.93. The Morgan fingerprint density at radius 2 is 2.00 bits per heavy atom. The van der Waals surface area contributed by atoms with Crippen LogP contribution in [0.5, 0.6) is 0 Å². The van der Waals surface area contributed by atoms with E-state index in [2.05, 4.69) is 5.32 Å². The number of hydrogen-bond acceptors (Lipinski definition) is 3. The molecule has 0 aliphatic heterocycles. The summed E-state index contributed by atoms with van der Waals surface area (Å²) in [6.45, 7) is 3.74. The third-order valence-corrected chi connectivity index (χ3v) is 3.35. The quantitative estimate of drug-likeness (QED) is 0.617. The molecule has 1 saturated carbocycles. The summed E-state index contributed by atoms with van der Waals surface area (Å²) < 4.78 is 0. The minimum atomic E-state index is -0.987. The van der Waals surface area contributed by atoms with Crippen LogP contribution in [-0.2, 0) is 9.59 Å². The van der Waals surface area contributed by atoms with Crippen LogP contribution in [0.25, 0.3) is 0 Å². The average molecular weight is 227 g/mol. The lowest BCUT2D eigenvalue weighted by Gasteiger charge is -2.26. The Morgan fingerprint density at radius 1 is 1.38 bits per heavy atom. The van der Waals surface area contributed by atoms with Gasteiger partial charge in [0.15, 0.2) is 0 Å². The van der Waals surface area contributed by atoms with Crippen molar-refractivity contribution in [2.24, 2.45) is 23.3 Å². The molecule has 0 unspecified atom stereocenters. The molecule has 0 aromatic heterocycles. The maximum Gasteiger partial charge on any atom is 0.242 e. The van der Waals surface area contributed by atoms with Crippen molar-refractivity contribution < 1.29 is 9.59 Å². The van der Waals surface area contributed by atoms with Gasteiger partial charge in [0.25, 0.3) is 0 Å². The topological polar surface area (TPSA) is 98.2 Å². The standard InChI is InChI=1S/C11H21N3O2/c1-11(2,10(13)16)14-9(15)8-5-3-4-7(8)6-12/h7-8H,3-6,12H2,1-2H3,(H2,13,16)(H,14,15)/t7-,8-/m1/s1. The lowest BCUT2D eigenvalue weighted by Crippen LogP contribution is -2.55. The summed E-state index contributed by atoms with van der Waals surface area (Å²) in [7, 11) is 0. The molecule has 0 spiro atoms. The molecular weight excluding hydrogens is 206 g/mol. The molecule has 5 heteroatoms. The molecule has 2 amide bonds. The summed E-state index contributed by atoms with van der Waals surface area (Å²) in [5.74, 6) is -0.452. The Balaban J connectivity index is 2.62. The molecule has 5 nitrogen and oxygen atoms in total. The van der Waals surface area contributed by atoms with Crippen molar-refractivity contribution in [3.63, 3.8) is 0 Å². The zero-order chi connectivity index (χ0) is 12.3. The van der Waals surface area contributed by atoms with E-state index in [4.69, 9.17) is 11.5 Å². The first-order valence-electron chi connectivity index (χ1n) is 5.70. The zero-order valence-corrected chi connectivity index (χ0v) is 9.95. The Labute approximate surface area is 95.9 Å². The molecule has 5 N–H and O–H groups in total. The molecule has 2 atom stereocenters. The summed E-state index contributed by atoms with van der Waals surface area (Å²) in [5, 5.41) is 2.69. The highest BCUT2D eigenvalue weighted by Crippen LogP contribution is 2.31. The molecule has 0 radical (unpaired) electrons. The summed E-state index contributed by atoms with van der Waals surface area (Å²) in [6.07, 6.45) is 2.87. The first kappa shape index (κ1) is 13.0. The lowest BCUT2D eigenvalue weighted by molar-refractivity contribution is -0.133. The van der Waals surface area contributed by atoms with Crippen molar-refractivity contribution in [1.29, 1.82) is 0 Å². The minimum Gasteiger partial charge on any atom is -0.368 e. The molecule has 0 bridgehead atoms. The largest absolute Gasteiger partial charge is 0.368 e. The molecule has 0 aromatic carbocycles. The second-order valence-electron chi connectivity index (χ2n) is 5.01. The van der Waals surface area contributed by atoms with Crippen molar-refractivity contribution in [2.75, 3.05) is 6.54 Å². The van der Waals surface area contributed by atoms with Gasteiger partial charge in [0.05, 0.1) is 0 Å². The number of hydrogen-bond donors (Lipinski definition) is 3. The number of primary amides is 1. The van der Waals surface area contributed by atoms with E-state index in [1.807, 2.05) is 0 Å². The third-order valence-electron chi connectivity index (χ3n) is 3.35. The third kappa shape index (κ3) is 2.72. The van der Waals surface area contributed by atoms with Crippen LogP contribution in [0.4, 0.5) is 0 Å². The van der Waals surface area contributed by atoms with E-state index in [0.717, 1.165) is 19.3 Å². The van der Waals surface area contributed by atoms with Crippen LogP contribution in [0, 0.1) is 11.8 Å². The van der Waals surface area contributed by atoms with Gasteiger partial charge < -0.3 is 16.8 Å². The number of nitrogens with two attached hydrogens (primary N) is 2. The van der Waals surface area contributed by atoms with E-state index in [1.54, 1.807) is 13.8 Å². The Morgan fingerprint density at radius 3 is 2.50 bits per heavy atom. The summed E-state index contributed by atoms with van der Waals surface area (Å²) in [5.41, 5.74) is 9.83. The number of amides is 2. The maximum absolute atomic E-state index is 12.0. The van der Waals surface area contributed by atoms with Crippen LogP contribution in [0.3, 0.4) is 0 Å². The van der Waals surface area contributed by atoms with Crippen LogP contribution >= 0.6 is 0 Å². The second-order valence-corrected chi connectivity index (χ2v) is 5.01. The van der Waals surface area contributed by atoms with Gasteiger partial charge >= 0.3 is 0 Å². The summed E-state index contributed by atoms with van der Waals surface area (Å²) in [6, 6.07) is 0. The van der Waals surface area contributed by atoms with E-state index in [9.17, 15) is 9.59 Å². The molecule has 0 aromatic rings. The van der Waals surface area contributed by atoms with E-state index in [1.165, 1.54) is 0 Å². The highest BCUT2D eigenvalue weighted by molar-refractivity contribution is 5.90. The van der Waals surface area contributed by atoms with Gasteiger partial charge in [-0.05, 0) is 39.2 Å². The fourth-order valence-corrected chi connectivity index (χ4v) is 2.13. The Hall–Kier alpha value is -1.10. The number of rotatable bonds is 4. The van der Waals surface area contributed by atoms with Crippen LogP contribution < -0.4 is 16.8 Å². The Kier molecular flexibility index (Phi) is 3.91. The molecule has 1 rings (SSSR count). The highest BCUT2D eigenvalue weighted by Gasteiger charge is 2.36. The van der Waals surface area contributed by atoms with E-state index in [-0.39, 0.29) is 17.7 Å². The number of carbonyl (C=O) groups is 2. The summed E-state index contributed by atoms with van der Waals surface area (Å²) >= 11 is 0. The van der Waals surface area contributed by atoms with Crippen LogP contribution in [0.2, 0.25) is 0 Å². The van der Waals surface area contributed by atoms with Gasteiger partial charge in [-0.3, -0.25) is 9.59 Å². The second kappa shape index (κ2) is 4.82. The first-order valence-corrected chi connectivity index (χ1v) is 5.70. The van der Waals surface area contributed by atoms with Crippen LogP contribution in [0.15, 0.2) is 0 Å². The van der Waals surface area contributed by atoms with Gasteiger partial charge in [-0.25, -0.2) is 0 Å². The Bertz CT molecular complexity index is 289. The van der Waals surface area contributed by atoms with E-state index < -0.39 is 11.4 Å². The van der Waals surface area contributed by atoms with E-state index >= 15 is 0 Å². The molecule has 1 fully saturated rings. The fraction of sp³-hybridized carbons (Fsp3) is 0.818. The van der Waals surface area contributed by atoms with Crippen molar-refractivity contribution in [2.45, 2.75) is 38.6 Å². The van der Waals surface area contributed by atoms with Crippen LogP contribution in [0.1, 0.15) is 33.1 Å². The zero-order valence-electron chi connectivity index (χ0n) is 9.95. The molecule has 0 saturated heterocycles. The summed E-state index contributed by atoms with van der Waals surface area (Å²) in [4.78, 5) is 23.1. The maximum atomic E-state index is 12.0. The van der Waals surface area contributed by atoms with Gasteiger partial charge in [0.2, 0.25) is 11.8 Å². The molecule has 1 aliphatic rings. The van der Waals surface area contributed by atoms with Gasteiger partial charge in [-0.2, -0.15) is 0 Å². The van der Waals surface area contributed by atoms with Gasteiger partial charge in [-0.15, -0.1) is 0 Å². The fourth-order valence-electron chi connectivity index (χ4n) is 2.13. The van der Waals surface area contributed by atoms with Gasteiger partial charge in [0.1, 0.15) is 5.54 Å². The molecule has 1 aliphatic carbocycles. The SMILES string of the molecule is CC(C)(NC(=O)[C@@H]1CCC[C@@H]1CN)C(N)=O. The van der Waals surface area contributed by atoms with Gasteiger partial charge in [0, 0.05) is 5.92 Å². The normalized spacial score (nSPS) is 25.4. The monoisotopic (exact) mass is 227 g/mol. The van der Waals surface area contributed by atoms with Crippen molar-refractivity contribution >= 4 is 11.8 Å². The van der Waals surface area contributed by atoms with Crippen LogP contribution in [-0.4, -0.2) is 23.9 Å². The molecule has 16 heavy (non-hydrogen) atoms. The molecular formula is C11H21N3O2. The number of carbonyl (C=O) groups excluding carboxylic acids is 2. The minimum absolute atomic E-state index is 0.0661. The molecule has 92 valence electrons. The predicted octanol–water partition coefficient (Wildman–Crippen LogP) is -0.258. The van der Waals surface area contributed by atoms with Crippen molar-refractivity contribution in [3.05, 3.63) is 0 Å². The molecule has 0 heterocycles. The number of nitrogens with one attached hydrogen (secondary N) is 1. The highest BCUT2D eigenvalue weighted by atomic mass is 16.2. The predicted molar refractivity (Wildman–Crippen MR) is 61.3 cm³/mol. The average Bonchev–Trinajstić information content (AvgIpc) is 2.64. The van der Waals surface area contributed by atoms with Gasteiger partial charge in [-0.1, -0.05) is 6.42 Å². The first-order chi connectivity index (χ1) is 7.38.